The van der Waals surface area contributed by atoms with Crippen LogP contribution < -0.4 is 5.32 Å². The minimum Gasteiger partial charge on any atom is -0.374 e. The predicted molar refractivity (Wildman–Crippen MR) is 77.8 cm³/mol. The summed E-state index contributed by atoms with van der Waals surface area (Å²) in [4.78, 5) is 10.7. The average molecular weight is 278 g/mol. The summed E-state index contributed by atoms with van der Waals surface area (Å²) in [5, 5.41) is 14.4. The van der Waals surface area contributed by atoms with Crippen LogP contribution in [-0.4, -0.2) is 23.7 Å². The van der Waals surface area contributed by atoms with Gasteiger partial charge in [-0.1, -0.05) is 12.1 Å². The molecular formula is C15H22N2O3. The first-order valence-electron chi connectivity index (χ1n) is 7.03. The third kappa shape index (κ3) is 3.35. The van der Waals surface area contributed by atoms with Gasteiger partial charge in [-0.2, -0.15) is 0 Å². The normalized spacial score (nSPS) is 23.8. The maximum atomic E-state index is 11.0. The van der Waals surface area contributed by atoms with Crippen LogP contribution in [-0.2, 0) is 4.74 Å². The Morgan fingerprint density at radius 3 is 2.90 bits per heavy atom. The first-order valence-corrected chi connectivity index (χ1v) is 7.03. The molecule has 0 spiro atoms. The number of rotatable bonds is 5. The summed E-state index contributed by atoms with van der Waals surface area (Å²) in [5.74, 6) is 0. The molecule has 1 N–H and O–H groups in total. The van der Waals surface area contributed by atoms with Crippen LogP contribution in [0, 0.1) is 17.0 Å². The summed E-state index contributed by atoms with van der Waals surface area (Å²) in [5.41, 5.74) is 1.70. The fourth-order valence-electron chi connectivity index (χ4n) is 2.56. The van der Waals surface area contributed by atoms with Crippen LogP contribution in [0.1, 0.15) is 43.9 Å². The molecular weight excluding hydrogens is 256 g/mol. The molecule has 0 aliphatic carbocycles. The van der Waals surface area contributed by atoms with E-state index in [-0.39, 0.29) is 22.3 Å². The Morgan fingerprint density at radius 2 is 2.30 bits per heavy atom. The van der Waals surface area contributed by atoms with Crippen molar-refractivity contribution in [2.24, 2.45) is 0 Å². The second-order valence-corrected chi connectivity index (χ2v) is 5.81. The maximum absolute atomic E-state index is 11.0. The zero-order valence-electron chi connectivity index (χ0n) is 12.3. The molecule has 1 aliphatic heterocycles. The van der Waals surface area contributed by atoms with Crippen LogP contribution in [0.4, 0.5) is 5.69 Å². The molecule has 1 aromatic carbocycles. The first kappa shape index (κ1) is 14.9. The topological polar surface area (TPSA) is 64.4 Å². The van der Waals surface area contributed by atoms with Crippen molar-refractivity contribution in [3.63, 3.8) is 0 Å². The molecule has 2 rings (SSSR count). The minimum atomic E-state index is -0.326. The van der Waals surface area contributed by atoms with Gasteiger partial charge in [0.05, 0.1) is 10.5 Å². The number of nitrogens with one attached hydrogen (secondary N) is 1. The highest BCUT2D eigenvalue weighted by molar-refractivity contribution is 5.43. The molecule has 2 unspecified atom stereocenters. The second kappa shape index (κ2) is 5.89. The largest absolute Gasteiger partial charge is 0.374 e. The van der Waals surface area contributed by atoms with Gasteiger partial charge in [-0.15, -0.1) is 0 Å². The van der Waals surface area contributed by atoms with E-state index in [4.69, 9.17) is 4.74 Å². The third-order valence-electron chi connectivity index (χ3n) is 4.01. The smallest absolute Gasteiger partial charge is 0.272 e. The Balaban J connectivity index is 2.03. The lowest BCUT2D eigenvalue weighted by Gasteiger charge is -2.26. The molecule has 0 radical (unpaired) electrons. The number of benzene rings is 1. The lowest BCUT2D eigenvalue weighted by Crippen LogP contribution is -2.38. The van der Waals surface area contributed by atoms with Crippen molar-refractivity contribution in [2.45, 2.75) is 45.3 Å². The summed E-state index contributed by atoms with van der Waals surface area (Å²) >= 11 is 0. The predicted octanol–water partition coefficient (Wildman–Crippen LogP) is 3.12. The van der Waals surface area contributed by atoms with E-state index in [2.05, 4.69) is 12.2 Å². The van der Waals surface area contributed by atoms with Crippen molar-refractivity contribution >= 4 is 5.69 Å². The van der Waals surface area contributed by atoms with Crippen molar-refractivity contribution in [1.82, 2.24) is 5.32 Å². The van der Waals surface area contributed by atoms with Gasteiger partial charge in [-0.3, -0.25) is 10.1 Å². The molecule has 1 saturated heterocycles. The Morgan fingerprint density at radius 1 is 1.55 bits per heavy atom. The molecule has 1 heterocycles. The van der Waals surface area contributed by atoms with E-state index >= 15 is 0 Å². The third-order valence-corrected chi connectivity index (χ3v) is 4.01. The molecule has 0 amide bonds. The number of hydrogen-bond acceptors (Lipinski definition) is 4. The fraction of sp³-hybridized carbons (Fsp3) is 0.600. The van der Waals surface area contributed by atoms with Crippen molar-refractivity contribution in [3.05, 3.63) is 39.4 Å². The van der Waals surface area contributed by atoms with Crippen LogP contribution in [0.3, 0.4) is 0 Å². The van der Waals surface area contributed by atoms with E-state index < -0.39 is 0 Å². The van der Waals surface area contributed by atoms with Crippen molar-refractivity contribution in [3.8, 4) is 0 Å². The molecule has 1 aliphatic rings. The van der Waals surface area contributed by atoms with Crippen LogP contribution >= 0.6 is 0 Å². The molecule has 110 valence electrons. The van der Waals surface area contributed by atoms with Gasteiger partial charge in [0.15, 0.2) is 0 Å². The van der Waals surface area contributed by atoms with Gasteiger partial charge in [0.1, 0.15) is 0 Å². The summed E-state index contributed by atoms with van der Waals surface area (Å²) < 4.78 is 5.74. The van der Waals surface area contributed by atoms with Gasteiger partial charge in [0.25, 0.3) is 5.69 Å². The summed E-state index contributed by atoms with van der Waals surface area (Å²) in [7, 11) is 0. The van der Waals surface area contributed by atoms with Crippen LogP contribution in [0.5, 0.6) is 0 Å². The summed E-state index contributed by atoms with van der Waals surface area (Å²) in [6, 6.07) is 5.47. The van der Waals surface area contributed by atoms with Gasteiger partial charge < -0.3 is 10.1 Å². The van der Waals surface area contributed by atoms with E-state index in [0.29, 0.717) is 5.56 Å². The highest BCUT2D eigenvalue weighted by atomic mass is 16.6. The van der Waals surface area contributed by atoms with Gasteiger partial charge in [0.2, 0.25) is 0 Å². The van der Waals surface area contributed by atoms with Crippen molar-refractivity contribution in [1.29, 1.82) is 0 Å². The van der Waals surface area contributed by atoms with Crippen molar-refractivity contribution < 1.29 is 9.66 Å². The molecule has 5 heteroatoms. The SMILES string of the molecule is Cc1ccc(C(C)NCC2(C)CCCO2)cc1[N+](=O)[O-]. The molecule has 0 bridgehead atoms. The van der Waals surface area contributed by atoms with Crippen LogP contribution in [0.15, 0.2) is 18.2 Å². The molecule has 2 atom stereocenters. The van der Waals surface area contributed by atoms with Crippen molar-refractivity contribution in [2.75, 3.05) is 13.2 Å². The number of nitrogens with zero attached hydrogens (tertiary/aromatic N) is 1. The maximum Gasteiger partial charge on any atom is 0.272 e. The first-order chi connectivity index (χ1) is 9.41. The quantitative estimate of drug-likeness (QED) is 0.664. The Labute approximate surface area is 119 Å². The van der Waals surface area contributed by atoms with E-state index in [1.807, 2.05) is 13.0 Å². The zero-order valence-corrected chi connectivity index (χ0v) is 12.3. The average Bonchev–Trinajstić information content (AvgIpc) is 2.84. The fourth-order valence-corrected chi connectivity index (χ4v) is 2.56. The van der Waals surface area contributed by atoms with E-state index in [1.165, 1.54) is 0 Å². The summed E-state index contributed by atoms with van der Waals surface area (Å²) in [6.45, 7) is 7.47. The van der Waals surface area contributed by atoms with Gasteiger partial charge in [-0.05, 0) is 39.2 Å². The zero-order chi connectivity index (χ0) is 14.8. The van der Waals surface area contributed by atoms with Crippen LogP contribution in [0.25, 0.3) is 0 Å². The molecule has 1 fully saturated rings. The molecule has 20 heavy (non-hydrogen) atoms. The van der Waals surface area contributed by atoms with Gasteiger partial charge in [0, 0.05) is 30.8 Å². The second-order valence-electron chi connectivity index (χ2n) is 5.81. The highest BCUT2D eigenvalue weighted by Gasteiger charge is 2.29. The molecule has 0 aromatic heterocycles. The molecule has 5 nitrogen and oxygen atoms in total. The Hall–Kier alpha value is -1.46. The number of nitro groups is 1. The standard InChI is InChI=1S/C15H22N2O3/c1-11-5-6-13(9-14(11)17(18)19)12(2)16-10-15(3)7-4-8-20-15/h5-6,9,12,16H,4,7-8,10H2,1-3H3. The minimum absolute atomic E-state index is 0.0651. The van der Waals surface area contributed by atoms with E-state index in [1.54, 1.807) is 19.1 Å². The molecule has 0 saturated carbocycles. The Kier molecular flexibility index (Phi) is 4.40. The van der Waals surface area contributed by atoms with Gasteiger partial charge >= 0.3 is 0 Å². The molecule has 1 aromatic rings. The number of ether oxygens (including phenoxy) is 1. The van der Waals surface area contributed by atoms with Gasteiger partial charge in [-0.25, -0.2) is 0 Å². The number of nitro benzene ring substituents is 1. The van der Waals surface area contributed by atoms with E-state index in [9.17, 15) is 10.1 Å². The van der Waals surface area contributed by atoms with E-state index in [0.717, 1.165) is 31.6 Å². The lowest BCUT2D eigenvalue weighted by atomic mass is 10.0. The Bertz CT molecular complexity index is 496. The number of hydrogen-bond donors (Lipinski definition) is 1. The van der Waals surface area contributed by atoms with Crippen LogP contribution in [0.2, 0.25) is 0 Å². The monoisotopic (exact) mass is 278 g/mol. The lowest BCUT2D eigenvalue weighted by molar-refractivity contribution is -0.385. The summed E-state index contributed by atoms with van der Waals surface area (Å²) in [6.07, 6.45) is 2.16. The number of aryl methyl sites for hydroxylation is 1. The highest BCUT2D eigenvalue weighted by Crippen LogP contribution is 2.26.